The lowest BCUT2D eigenvalue weighted by atomic mass is 9.58. The molecule has 1 aliphatic heterocycles. The quantitative estimate of drug-likeness (QED) is 0.505. The second kappa shape index (κ2) is 6.46. The Morgan fingerprint density at radius 2 is 2.12 bits per heavy atom. The van der Waals surface area contributed by atoms with E-state index in [0.717, 1.165) is 36.5 Å². The van der Waals surface area contributed by atoms with Gasteiger partial charge in [-0.2, -0.15) is 0 Å². The number of carbonyl (C=O) groups excluding carboxylic acids is 1. The Morgan fingerprint density at radius 3 is 2.71 bits per heavy atom. The lowest BCUT2D eigenvalue weighted by Gasteiger charge is -2.55. The lowest BCUT2D eigenvalue weighted by Crippen LogP contribution is -2.60. The van der Waals surface area contributed by atoms with Crippen molar-refractivity contribution in [3.8, 4) is 17.6 Å². The molecule has 1 aliphatic carbocycles. The van der Waals surface area contributed by atoms with Gasteiger partial charge in [-0.25, -0.2) is 0 Å². The number of hydrogen-bond donors (Lipinski definition) is 1. The minimum absolute atomic E-state index is 0.175. The van der Waals surface area contributed by atoms with Crippen LogP contribution in [0.4, 0.5) is 5.69 Å². The molecule has 0 radical (unpaired) electrons. The standard InChI is InChI=1S/C19H23NO4/c1-20(2)16-10-15(4-5-17(16)24-9-3-8-21)6-7-19(22)11-18(12-19)13-23-14-18/h4-5,8,10,22H,3,9,11-14H2,1-2H3. The number of rotatable bonds is 5. The van der Waals surface area contributed by atoms with Gasteiger partial charge in [0.1, 0.15) is 17.6 Å². The van der Waals surface area contributed by atoms with Crippen molar-refractivity contribution < 1.29 is 19.4 Å². The molecule has 1 saturated carbocycles. The Morgan fingerprint density at radius 1 is 1.38 bits per heavy atom. The highest BCUT2D eigenvalue weighted by molar-refractivity contribution is 5.62. The zero-order valence-electron chi connectivity index (χ0n) is 14.2. The van der Waals surface area contributed by atoms with Crippen molar-refractivity contribution in [2.75, 3.05) is 38.8 Å². The van der Waals surface area contributed by atoms with Crippen molar-refractivity contribution in [3.05, 3.63) is 23.8 Å². The van der Waals surface area contributed by atoms with E-state index >= 15 is 0 Å². The summed E-state index contributed by atoms with van der Waals surface area (Å²) in [5.41, 5.74) is 1.02. The number of ether oxygens (including phenoxy) is 2. The van der Waals surface area contributed by atoms with Gasteiger partial charge in [-0.05, 0) is 31.0 Å². The van der Waals surface area contributed by atoms with Crippen LogP contribution in [0.3, 0.4) is 0 Å². The van der Waals surface area contributed by atoms with Crippen molar-refractivity contribution >= 4 is 12.0 Å². The SMILES string of the molecule is CN(C)c1cc(C#CC2(O)CC3(COC3)C2)ccc1OCCC=O. The largest absolute Gasteiger partial charge is 0.491 e. The molecule has 0 aromatic heterocycles. The van der Waals surface area contributed by atoms with Crippen molar-refractivity contribution in [1.82, 2.24) is 0 Å². The molecule has 0 atom stereocenters. The highest BCUT2D eigenvalue weighted by Gasteiger charge is 2.57. The molecular weight excluding hydrogens is 306 g/mol. The summed E-state index contributed by atoms with van der Waals surface area (Å²) in [5, 5.41) is 10.5. The van der Waals surface area contributed by atoms with Crippen LogP contribution in [0.1, 0.15) is 24.8 Å². The predicted octanol–water partition coefficient (Wildman–Crippen LogP) is 1.61. The summed E-state index contributed by atoms with van der Waals surface area (Å²) >= 11 is 0. The molecule has 0 unspecified atom stereocenters. The van der Waals surface area contributed by atoms with E-state index in [1.54, 1.807) is 0 Å². The minimum atomic E-state index is -0.888. The molecule has 2 aliphatic rings. The zero-order valence-corrected chi connectivity index (χ0v) is 14.2. The van der Waals surface area contributed by atoms with E-state index in [1.165, 1.54) is 0 Å². The number of aldehydes is 1. The zero-order chi connectivity index (χ0) is 17.2. The monoisotopic (exact) mass is 329 g/mol. The summed E-state index contributed by atoms with van der Waals surface area (Å²) in [7, 11) is 3.86. The van der Waals surface area contributed by atoms with Gasteiger partial charge in [-0.3, -0.25) is 0 Å². The van der Waals surface area contributed by atoms with Crippen molar-refractivity contribution in [2.24, 2.45) is 5.41 Å². The summed E-state index contributed by atoms with van der Waals surface area (Å²) in [4.78, 5) is 12.4. The van der Waals surface area contributed by atoms with Crippen LogP contribution in [0.15, 0.2) is 18.2 Å². The molecule has 24 heavy (non-hydrogen) atoms. The van der Waals surface area contributed by atoms with Crippen LogP contribution in [0.5, 0.6) is 5.75 Å². The normalized spacial score (nSPS) is 19.5. The van der Waals surface area contributed by atoms with Crippen LogP contribution < -0.4 is 9.64 Å². The Hall–Kier alpha value is -2.03. The number of carbonyl (C=O) groups is 1. The van der Waals surface area contributed by atoms with Gasteiger partial charge < -0.3 is 24.3 Å². The number of anilines is 1. The van der Waals surface area contributed by atoms with Crippen LogP contribution in [-0.2, 0) is 9.53 Å². The van der Waals surface area contributed by atoms with Gasteiger partial charge in [-0.1, -0.05) is 11.8 Å². The molecule has 2 fully saturated rings. The molecule has 5 nitrogen and oxygen atoms in total. The fourth-order valence-electron chi connectivity index (χ4n) is 3.34. The molecule has 1 N–H and O–H groups in total. The van der Waals surface area contributed by atoms with Gasteiger partial charge >= 0.3 is 0 Å². The molecule has 0 bridgehead atoms. The van der Waals surface area contributed by atoms with E-state index in [4.69, 9.17) is 9.47 Å². The van der Waals surface area contributed by atoms with Crippen molar-refractivity contribution in [3.63, 3.8) is 0 Å². The van der Waals surface area contributed by atoms with E-state index in [9.17, 15) is 9.90 Å². The van der Waals surface area contributed by atoms with E-state index in [0.29, 0.717) is 25.9 Å². The van der Waals surface area contributed by atoms with Crippen LogP contribution in [0.25, 0.3) is 0 Å². The fraction of sp³-hybridized carbons (Fsp3) is 0.526. The highest BCUT2D eigenvalue weighted by atomic mass is 16.5. The molecular formula is C19H23NO4. The van der Waals surface area contributed by atoms with E-state index in [1.807, 2.05) is 37.2 Å². The molecule has 1 spiro atoms. The smallest absolute Gasteiger partial charge is 0.142 e. The van der Waals surface area contributed by atoms with Gasteiger partial charge in [0, 0.05) is 31.5 Å². The maximum Gasteiger partial charge on any atom is 0.142 e. The van der Waals surface area contributed by atoms with Crippen LogP contribution >= 0.6 is 0 Å². The number of aliphatic hydroxyl groups is 1. The maximum absolute atomic E-state index is 10.5. The minimum Gasteiger partial charge on any atom is -0.491 e. The summed E-state index contributed by atoms with van der Waals surface area (Å²) in [6, 6.07) is 5.67. The topological polar surface area (TPSA) is 59.0 Å². The van der Waals surface area contributed by atoms with Gasteiger partial charge in [-0.15, -0.1) is 0 Å². The van der Waals surface area contributed by atoms with Gasteiger partial charge in [0.2, 0.25) is 0 Å². The van der Waals surface area contributed by atoms with Gasteiger partial charge in [0.15, 0.2) is 0 Å². The summed E-state index contributed by atoms with van der Waals surface area (Å²) in [6.07, 6.45) is 2.60. The summed E-state index contributed by atoms with van der Waals surface area (Å²) in [6.45, 7) is 1.85. The second-order valence-corrected chi connectivity index (χ2v) is 7.01. The molecule has 5 heteroatoms. The van der Waals surface area contributed by atoms with E-state index in [-0.39, 0.29) is 5.41 Å². The average Bonchev–Trinajstić information content (AvgIpc) is 2.49. The Balaban J connectivity index is 1.71. The first-order valence-electron chi connectivity index (χ1n) is 8.17. The first-order valence-corrected chi connectivity index (χ1v) is 8.17. The van der Waals surface area contributed by atoms with Gasteiger partial charge in [0.25, 0.3) is 0 Å². The van der Waals surface area contributed by atoms with Crippen LogP contribution in [-0.4, -0.2) is 50.9 Å². The third kappa shape index (κ3) is 3.40. The lowest BCUT2D eigenvalue weighted by molar-refractivity contribution is -0.219. The summed E-state index contributed by atoms with van der Waals surface area (Å²) in [5.74, 6) is 6.82. The number of benzene rings is 1. The van der Waals surface area contributed by atoms with Crippen molar-refractivity contribution in [2.45, 2.75) is 24.9 Å². The highest BCUT2D eigenvalue weighted by Crippen LogP contribution is 2.52. The van der Waals surface area contributed by atoms with E-state index in [2.05, 4.69) is 11.8 Å². The predicted molar refractivity (Wildman–Crippen MR) is 91.3 cm³/mol. The Bertz CT molecular complexity index is 674. The van der Waals surface area contributed by atoms with Crippen LogP contribution in [0.2, 0.25) is 0 Å². The molecule has 128 valence electrons. The molecule has 1 heterocycles. The summed E-state index contributed by atoms with van der Waals surface area (Å²) < 4.78 is 10.9. The molecule has 1 aromatic carbocycles. The van der Waals surface area contributed by atoms with Gasteiger partial charge in [0.05, 0.1) is 25.5 Å². The number of nitrogens with zero attached hydrogens (tertiary/aromatic N) is 1. The first-order chi connectivity index (χ1) is 11.5. The molecule has 1 saturated heterocycles. The number of hydrogen-bond acceptors (Lipinski definition) is 5. The Kier molecular flexibility index (Phi) is 4.53. The molecule has 0 amide bonds. The second-order valence-electron chi connectivity index (χ2n) is 7.01. The third-order valence-corrected chi connectivity index (χ3v) is 4.52. The third-order valence-electron chi connectivity index (χ3n) is 4.52. The van der Waals surface area contributed by atoms with Crippen LogP contribution in [0, 0.1) is 17.3 Å². The average molecular weight is 329 g/mol. The van der Waals surface area contributed by atoms with Crippen molar-refractivity contribution in [1.29, 1.82) is 0 Å². The maximum atomic E-state index is 10.5. The Labute approximate surface area is 142 Å². The van der Waals surface area contributed by atoms with E-state index < -0.39 is 5.60 Å². The molecule has 3 rings (SSSR count). The molecule has 1 aromatic rings. The fourth-order valence-corrected chi connectivity index (χ4v) is 3.34. The first kappa shape index (κ1) is 16.8.